The van der Waals surface area contributed by atoms with Crippen LogP contribution in [0.2, 0.25) is 0 Å². The van der Waals surface area contributed by atoms with Crippen molar-refractivity contribution in [2.45, 2.75) is 72.6 Å². The van der Waals surface area contributed by atoms with E-state index in [2.05, 4.69) is 33.8 Å². The van der Waals surface area contributed by atoms with Crippen molar-refractivity contribution in [1.29, 1.82) is 0 Å². The molecule has 84 valence electrons. The molecule has 0 radical (unpaired) electrons. The first-order valence-corrected chi connectivity index (χ1v) is 6.42. The van der Waals surface area contributed by atoms with Gasteiger partial charge in [0.15, 0.2) is 0 Å². The van der Waals surface area contributed by atoms with E-state index in [1.165, 1.54) is 44.9 Å². The Morgan fingerprint density at radius 2 is 1.86 bits per heavy atom. The summed E-state index contributed by atoms with van der Waals surface area (Å²) in [6, 6.07) is 0. The zero-order valence-corrected chi connectivity index (χ0v) is 10.6. The molecule has 0 nitrogen and oxygen atoms in total. The maximum absolute atomic E-state index is 2.41. The van der Waals surface area contributed by atoms with Crippen molar-refractivity contribution in [3.8, 4) is 0 Å². The normalized spacial score (nSPS) is 14.4. The molecule has 0 aliphatic heterocycles. The van der Waals surface area contributed by atoms with Gasteiger partial charge in [0.1, 0.15) is 0 Å². The van der Waals surface area contributed by atoms with Gasteiger partial charge < -0.3 is 0 Å². The van der Waals surface area contributed by atoms with Crippen LogP contribution in [-0.4, -0.2) is 0 Å². The van der Waals surface area contributed by atoms with Crippen molar-refractivity contribution < 1.29 is 0 Å². The van der Waals surface area contributed by atoms with Crippen molar-refractivity contribution in [3.63, 3.8) is 0 Å². The molecule has 0 aromatic carbocycles. The topological polar surface area (TPSA) is 0 Å². The van der Waals surface area contributed by atoms with Gasteiger partial charge in [-0.25, -0.2) is 0 Å². The SMILES string of the molecule is CCC=C(CC)CCCCC(C)CC. The van der Waals surface area contributed by atoms with Crippen molar-refractivity contribution >= 4 is 0 Å². The summed E-state index contributed by atoms with van der Waals surface area (Å²) >= 11 is 0. The van der Waals surface area contributed by atoms with E-state index >= 15 is 0 Å². The van der Waals surface area contributed by atoms with Crippen molar-refractivity contribution in [3.05, 3.63) is 11.6 Å². The monoisotopic (exact) mass is 196 g/mol. The van der Waals surface area contributed by atoms with E-state index in [-0.39, 0.29) is 0 Å². The van der Waals surface area contributed by atoms with E-state index in [1.807, 2.05) is 0 Å². The first-order valence-electron chi connectivity index (χ1n) is 6.42. The number of rotatable bonds is 8. The Bertz CT molecular complexity index is 144. The summed E-state index contributed by atoms with van der Waals surface area (Å²) in [6.45, 7) is 9.16. The maximum Gasteiger partial charge on any atom is -0.0320 e. The van der Waals surface area contributed by atoms with E-state index in [1.54, 1.807) is 5.57 Å². The highest BCUT2D eigenvalue weighted by atomic mass is 14.1. The third-order valence-electron chi connectivity index (χ3n) is 3.09. The molecule has 0 aromatic heterocycles. The van der Waals surface area contributed by atoms with Crippen molar-refractivity contribution in [2.24, 2.45) is 5.92 Å². The Balaban J connectivity index is 3.47. The van der Waals surface area contributed by atoms with Crippen LogP contribution in [0, 0.1) is 5.92 Å². The van der Waals surface area contributed by atoms with Crippen molar-refractivity contribution in [2.75, 3.05) is 0 Å². The first-order chi connectivity index (χ1) is 6.74. The molecule has 1 atom stereocenters. The summed E-state index contributed by atoms with van der Waals surface area (Å²) in [7, 11) is 0. The minimum absolute atomic E-state index is 0.926. The fraction of sp³-hybridized carbons (Fsp3) is 0.857. The average molecular weight is 196 g/mol. The first kappa shape index (κ1) is 13.7. The van der Waals surface area contributed by atoms with E-state index in [4.69, 9.17) is 0 Å². The molecule has 0 rings (SSSR count). The summed E-state index contributed by atoms with van der Waals surface area (Å²) in [5, 5.41) is 0. The van der Waals surface area contributed by atoms with Gasteiger partial charge in [-0.1, -0.05) is 58.6 Å². The third-order valence-corrected chi connectivity index (χ3v) is 3.09. The van der Waals surface area contributed by atoms with E-state index in [9.17, 15) is 0 Å². The number of unbranched alkanes of at least 4 members (excludes halogenated alkanes) is 1. The standard InChI is InChI=1S/C14H28/c1-5-10-14(7-3)12-9-8-11-13(4)6-2/h10,13H,5-9,11-12H2,1-4H3. The molecule has 0 heterocycles. The minimum Gasteiger partial charge on any atom is -0.0856 e. The maximum atomic E-state index is 2.41. The summed E-state index contributed by atoms with van der Waals surface area (Å²) in [5.41, 5.74) is 1.66. The van der Waals surface area contributed by atoms with Gasteiger partial charge in [0.2, 0.25) is 0 Å². The Labute approximate surface area is 90.8 Å². The highest BCUT2D eigenvalue weighted by molar-refractivity contribution is 5.00. The molecule has 0 N–H and O–H groups in total. The second-order valence-corrected chi connectivity index (χ2v) is 4.38. The predicted octanol–water partition coefficient (Wildman–Crippen LogP) is 5.34. The number of allylic oxidation sites excluding steroid dienone is 2. The van der Waals surface area contributed by atoms with Gasteiger partial charge >= 0.3 is 0 Å². The van der Waals surface area contributed by atoms with Crippen LogP contribution in [0.5, 0.6) is 0 Å². The van der Waals surface area contributed by atoms with E-state index < -0.39 is 0 Å². The molecule has 14 heavy (non-hydrogen) atoms. The molecule has 0 aliphatic carbocycles. The molecule has 0 spiro atoms. The van der Waals surface area contributed by atoms with Gasteiger partial charge in [-0.2, -0.15) is 0 Å². The van der Waals surface area contributed by atoms with Crippen LogP contribution in [0.25, 0.3) is 0 Å². The van der Waals surface area contributed by atoms with Crippen LogP contribution in [0.4, 0.5) is 0 Å². The summed E-state index contributed by atoms with van der Waals surface area (Å²) in [5.74, 6) is 0.926. The molecule has 0 aliphatic rings. The predicted molar refractivity (Wildman–Crippen MR) is 66.6 cm³/mol. The molecular formula is C14H28. The largest absolute Gasteiger partial charge is 0.0856 e. The molecule has 0 saturated carbocycles. The summed E-state index contributed by atoms with van der Waals surface area (Å²) in [6.07, 6.45) is 11.8. The smallest absolute Gasteiger partial charge is 0.0320 e. The van der Waals surface area contributed by atoms with Gasteiger partial charge in [0.05, 0.1) is 0 Å². The molecule has 0 heteroatoms. The van der Waals surface area contributed by atoms with Gasteiger partial charge in [0.25, 0.3) is 0 Å². The number of hydrogen-bond donors (Lipinski definition) is 0. The lowest BCUT2D eigenvalue weighted by Crippen LogP contribution is -1.92. The quantitative estimate of drug-likeness (QED) is 0.363. The highest BCUT2D eigenvalue weighted by Crippen LogP contribution is 2.16. The lowest BCUT2D eigenvalue weighted by atomic mass is 9.98. The van der Waals surface area contributed by atoms with Crippen LogP contribution >= 0.6 is 0 Å². The fourth-order valence-corrected chi connectivity index (χ4v) is 1.76. The van der Waals surface area contributed by atoms with E-state index in [0.717, 1.165) is 5.92 Å². The molecular weight excluding hydrogens is 168 g/mol. The summed E-state index contributed by atoms with van der Waals surface area (Å²) in [4.78, 5) is 0. The summed E-state index contributed by atoms with van der Waals surface area (Å²) < 4.78 is 0. The van der Waals surface area contributed by atoms with Crippen molar-refractivity contribution in [1.82, 2.24) is 0 Å². The van der Waals surface area contributed by atoms with Gasteiger partial charge in [-0.05, 0) is 31.6 Å². The lowest BCUT2D eigenvalue weighted by Gasteiger charge is -2.08. The van der Waals surface area contributed by atoms with Crippen LogP contribution in [0.3, 0.4) is 0 Å². The Hall–Kier alpha value is -0.260. The highest BCUT2D eigenvalue weighted by Gasteiger charge is 1.99. The van der Waals surface area contributed by atoms with Crippen LogP contribution in [0.1, 0.15) is 72.6 Å². The minimum atomic E-state index is 0.926. The number of hydrogen-bond acceptors (Lipinski definition) is 0. The van der Waals surface area contributed by atoms with Crippen LogP contribution < -0.4 is 0 Å². The fourth-order valence-electron chi connectivity index (χ4n) is 1.76. The Morgan fingerprint density at radius 3 is 2.36 bits per heavy atom. The molecule has 0 amide bonds. The average Bonchev–Trinajstić information content (AvgIpc) is 2.22. The van der Waals surface area contributed by atoms with Crippen LogP contribution in [-0.2, 0) is 0 Å². The zero-order chi connectivity index (χ0) is 10.8. The van der Waals surface area contributed by atoms with Gasteiger partial charge in [-0.15, -0.1) is 0 Å². The Kier molecular flexibility index (Phi) is 9.13. The third kappa shape index (κ3) is 7.17. The molecule has 0 fully saturated rings. The second-order valence-electron chi connectivity index (χ2n) is 4.38. The molecule has 0 bridgehead atoms. The molecule has 1 unspecified atom stereocenters. The van der Waals surface area contributed by atoms with Crippen LogP contribution in [0.15, 0.2) is 11.6 Å². The lowest BCUT2D eigenvalue weighted by molar-refractivity contribution is 0.483. The Morgan fingerprint density at radius 1 is 1.14 bits per heavy atom. The zero-order valence-electron chi connectivity index (χ0n) is 10.6. The van der Waals surface area contributed by atoms with Gasteiger partial charge in [-0.3, -0.25) is 0 Å². The molecule has 0 saturated heterocycles. The van der Waals surface area contributed by atoms with E-state index in [0.29, 0.717) is 0 Å². The van der Waals surface area contributed by atoms with Gasteiger partial charge in [0, 0.05) is 0 Å². The molecule has 0 aromatic rings. The second kappa shape index (κ2) is 9.30.